The molecule has 9 heteroatoms. The van der Waals surface area contributed by atoms with Gasteiger partial charge in [-0.05, 0) is 54.5 Å². The van der Waals surface area contributed by atoms with Crippen molar-refractivity contribution in [3.05, 3.63) is 58.3 Å². The van der Waals surface area contributed by atoms with Crippen molar-refractivity contribution < 1.29 is 18.0 Å². The lowest BCUT2D eigenvalue weighted by atomic mass is 10.0. The minimum absolute atomic E-state index is 0.0592. The Morgan fingerprint density at radius 2 is 1.81 bits per heavy atom. The molecule has 2 aliphatic rings. The predicted octanol–water partition coefficient (Wildman–Crippen LogP) is 2.72. The van der Waals surface area contributed by atoms with Gasteiger partial charge in [0.2, 0.25) is 15.9 Å². The molecular weight excluding hydrogens is 434 g/mol. The highest BCUT2D eigenvalue weighted by Gasteiger charge is 2.28. The molecule has 164 valence electrons. The van der Waals surface area contributed by atoms with Crippen molar-refractivity contribution in [1.29, 1.82) is 0 Å². The third-order valence-electron chi connectivity index (χ3n) is 5.62. The quantitative estimate of drug-likeness (QED) is 0.697. The van der Waals surface area contributed by atoms with Crippen molar-refractivity contribution >= 4 is 44.9 Å². The summed E-state index contributed by atoms with van der Waals surface area (Å²) in [5.41, 5.74) is 2.18. The van der Waals surface area contributed by atoms with Gasteiger partial charge in [-0.15, -0.1) is 0 Å². The van der Waals surface area contributed by atoms with Gasteiger partial charge in [-0.3, -0.25) is 13.9 Å². The zero-order chi connectivity index (χ0) is 21.8. The molecule has 7 nitrogen and oxygen atoms in total. The highest BCUT2D eigenvalue weighted by Crippen LogP contribution is 2.24. The number of carbonyl (C=O) groups excluding carboxylic acids is 2. The van der Waals surface area contributed by atoms with E-state index in [9.17, 15) is 18.0 Å². The summed E-state index contributed by atoms with van der Waals surface area (Å²) in [5, 5.41) is 6.75. The van der Waals surface area contributed by atoms with Crippen molar-refractivity contribution in [2.24, 2.45) is 0 Å². The van der Waals surface area contributed by atoms with Gasteiger partial charge >= 0.3 is 0 Å². The van der Waals surface area contributed by atoms with Gasteiger partial charge < -0.3 is 10.2 Å². The highest BCUT2D eigenvalue weighted by molar-refractivity contribution is 7.93. The fourth-order valence-electron chi connectivity index (χ4n) is 3.86. The number of amides is 2. The van der Waals surface area contributed by atoms with Crippen LogP contribution in [0.1, 0.15) is 35.2 Å². The van der Waals surface area contributed by atoms with Gasteiger partial charge in [-0.25, -0.2) is 8.42 Å². The molecule has 31 heavy (non-hydrogen) atoms. The molecule has 2 amide bonds. The summed E-state index contributed by atoms with van der Waals surface area (Å²) < 4.78 is 25.5. The molecule has 0 bridgehead atoms. The van der Waals surface area contributed by atoms with Crippen LogP contribution in [0.15, 0.2) is 47.2 Å². The standard InChI is InChI=1S/C22H25N3O4S2/c26-21(24-12-8-19(9-13-24)23-22(27)18-10-14-30-16-18)7-4-17-2-5-20(6-3-17)25-11-1-15-31(25,28)29/h2-7,10,14,16,19H,1,8-9,11-13,15H2,(H,23,27)/b7-4+. The third kappa shape index (κ3) is 5.16. The van der Waals surface area contributed by atoms with E-state index in [0.717, 1.165) is 18.4 Å². The normalized spacial score (nSPS) is 19.1. The van der Waals surface area contributed by atoms with Gasteiger partial charge in [-0.1, -0.05) is 12.1 Å². The van der Waals surface area contributed by atoms with Gasteiger partial charge in [0.25, 0.3) is 5.91 Å². The Labute approximate surface area is 186 Å². The van der Waals surface area contributed by atoms with Crippen molar-refractivity contribution in [2.75, 3.05) is 29.7 Å². The van der Waals surface area contributed by atoms with Gasteiger partial charge in [0.05, 0.1) is 11.4 Å². The van der Waals surface area contributed by atoms with Crippen LogP contribution in [-0.2, 0) is 14.8 Å². The monoisotopic (exact) mass is 459 g/mol. The van der Waals surface area contributed by atoms with E-state index < -0.39 is 10.0 Å². The lowest BCUT2D eigenvalue weighted by Gasteiger charge is -2.31. The first kappa shape index (κ1) is 21.6. The number of carbonyl (C=O) groups is 2. The van der Waals surface area contributed by atoms with Crippen LogP contribution in [0.4, 0.5) is 5.69 Å². The highest BCUT2D eigenvalue weighted by atomic mass is 32.2. The second kappa shape index (κ2) is 9.23. The van der Waals surface area contributed by atoms with Crippen molar-refractivity contribution in [3.63, 3.8) is 0 Å². The summed E-state index contributed by atoms with van der Waals surface area (Å²) in [4.78, 5) is 26.5. The molecule has 2 aromatic rings. The summed E-state index contributed by atoms with van der Waals surface area (Å²) in [7, 11) is -3.19. The van der Waals surface area contributed by atoms with E-state index in [4.69, 9.17) is 0 Å². The van der Waals surface area contributed by atoms with Crippen molar-refractivity contribution in [3.8, 4) is 0 Å². The van der Waals surface area contributed by atoms with E-state index in [0.29, 0.717) is 37.3 Å². The molecule has 0 atom stereocenters. The number of benzene rings is 1. The predicted molar refractivity (Wildman–Crippen MR) is 123 cm³/mol. The molecule has 1 aromatic heterocycles. The molecule has 2 aliphatic heterocycles. The van der Waals surface area contributed by atoms with Crippen LogP contribution in [-0.4, -0.2) is 56.6 Å². The summed E-state index contributed by atoms with van der Waals surface area (Å²) in [6.45, 7) is 1.71. The Bertz CT molecular complexity index is 1050. The van der Waals surface area contributed by atoms with E-state index >= 15 is 0 Å². The average molecular weight is 460 g/mol. The maximum atomic E-state index is 12.5. The van der Waals surface area contributed by atoms with Gasteiger partial charge in [0.1, 0.15) is 0 Å². The number of hydrogen-bond donors (Lipinski definition) is 1. The van der Waals surface area contributed by atoms with Crippen LogP contribution >= 0.6 is 11.3 Å². The second-order valence-corrected chi connectivity index (χ2v) is 10.5. The Balaban J connectivity index is 1.27. The molecule has 0 saturated carbocycles. The molecule has 0 aliphatic carbocycles. The maximum absolute atomic E-state index is 12.5. The zero-order valence-electron chi connectivity index (χ0n) is 17.1. The fourth-order valence-corrected chi connectivity index (χ4v) is 6.06. The average Bonchev–Trinajstić information content (AvgIpc) is 3.42. The van der Waals surface area contributed by atoms with E-state index in [1.54, 1.807) is 35.3 Å². The Kier molecular flexibility index (Phi) is 6.43. The first-order chi connectivity index (χ1) is 14.9. The number of sulfonamides is 1. The van der Waals surface area contributed by atoms with Gasteiger partial charge in [0.15, 0.2) is 0 Å². The van der Waals surface area contributed by atoms with Gasteiger partial charge in [0, 0.05) is 42.7 Å². The maximum Gasteiger partial charge on any atom is 0.252 e. The third-order valence-corrected chi connectivity index (χ3v) is 8.18. The molecule has 2 fully saturated rings. The molecule has 0 radical (unpaired) electrons. The lowest BCUT2D eigenvalue weighted by Crippen LogP contribution is -2.46. The van der Waals surface area contributed by atoms with Crippen molar-refractivity contribution in [2.45, 2.75) is 25.3 Å². The minimum atomic E-state index is -3.19. The van der Waals surface area contributed by atoms with Crippen LogP contribution < -0.4 is 9.62 Å². The number of anilines is 1. The number of piperidine rings is 1. The van der Waals surface area contributed by atoms with Crippen LogP contribution in [0.25, 0.3) is 6.08 Å². The van der Waals surface area contributed by atoms with Crippen molar-refractivity contribution in [1.82, 2.24) is 10.2 Å². The fraction of sp³-hybridized carbons (Fsp3) is 0.364. The first-order valence-electron chi connectivity index (χ1n) is 10.3. The number of thiophene rings is 1. The minimum Gasteiger partial charge on any atom is -0.349 e. The molecule has 1 aromatic carbocycles. The Hall–Kier alpha value is -2.65. The number of likely N-dealkylation sites (tertiary alicyclic amines) is 1. The van der Waals surface area contributed by atoms with E-state index in [2.05, 4.69) is 5.32 Å². The van der Waals surface area contributed by atoms with E-state index in [1.165, 1.54) is 15.6 Å². The van der Waals surface area contributed by atoms with Crippen LogP contribution in [0.5, 0.6) is 0 Å². The Morgan fingerprint density at radius 1 is 1.06 bits per heavy atom. The van der Waals surface area contributed by atoms with Gasteiger partial charge in [-0.2, -0.15) is 11.3 Å². The topological polar surface area (TPSA) is 86.8 Å². The molecule has 3 heterocycles. The second-order valence-electron chi connectivity index (χ2n) is 7.75. The lowest BCUT2D eigenvalue weighted by molar-refractivity contribution is -0.127. The molecule has 4 rings (SSSR count). The summed E-state index contributed by atoms with van der Waals surface area (Å²) in [6.07, 6.45) is 5.40. The van der Waals surface area contributed by atoms with Crippen LogP contribution in [0, 0.1) is 0 Å². The molecular formula is C22H25N3O4S2. The number of nitrogens with one attached hydrogen (secondary N) is 1. The molecule has 1 N–H and O–H groups in total. The summed E-state index contributed by atoms with van der Waals surface area (Å²) in [5.74, 6) is 0.0715. The number of rotatable bonds is 5. The SMILES string of the molecule is O=C(NC1CCN(C(=O)/C=C/c2ccc(N3CCCS3(=O)=O)cc2)CC1)c1ccsc1. The smallest absolute Gasteiger partial charge is 0.252 e. The van der Waals surface area contributed by atoms with Crippen LogP contribution in [0.2, 0.25) is 0 Å². The molecule has 0 unspecified atom stereocenters. The summed E-state index contributed by atoms with van der Waals surface area (Å²) >= 11 is 1.49. The first-order valence-corrected chi connectivity index (χ1v) is 12.9. The van der Waals surface area contributed by atoms with E-state index in [1.807, 2.05) is 22.9 Å². The van der Waals surface area contributed by atoms with Crippen LogP contribution in [0.3, 0.4) is 0 Å². The molecule has 0 spiro atoms. The largest absolute Gasteiger partial charge is 0.349 e. The zero-order valence-corrected chi connectivity index (χ0v) is 18.7. The Morgan fingerprint density at radius 3 is 2.42 bits per heavy atom. The molecule has 2 saturated heterocycles. The van der Waals surface area contributed by atoms with E-state index in [-0.39, 0.29) is 23.6 Å². The number of nitrogens with zero attached hydrogens (tertiary/aromatic N) is 2. The summed E-state index contributed by atoms with van der Waals surface area (Å²) in [6, 6.07) is 9.07. The number of hydrogen-bond acceptors (Lipinski definition) is 5.